The second-order valence-electron chi connectivity index (χ2n) is 6.96. The van der Waals surface area contributed by atoms with Crippen molar-refractivity contribution in [2.45, 2.75) is 43.2 Å². The topological polar surface area (TPSA) is 97.7 Å². The molecule has 12 heteroatoms. The van der Waals surface area contributed by atoms with Crippen molar-refractivity contribution in [2.75, 3.05) is 0 Å². The van der Waals surface area contributed by atoms with E-state index in [2.05, 4.69) is 4.74 Å². The Morgan fingerprint density at radius 2 is 1.80 bits per heavy atom. The summed E-state index contributed by atoms with van der Waals surface area (Å²) >= 11 is 0. The largest absolute Gasteiger partial charge is 0.444 e. The Kier molecular flexibility index (Phi) is 3.79. The van der Waals surface area contributed by atoms with E-state index in [1.165, 1.54) is 0 Å². The Morgan fingerprint density at radius 3 is 2.24 bits per heavy atom. The molecule has 0 radical (unpaired) electrons. The Morgan fingerprint density at radius 1 is 1.20 bits per heavy atom. The lowest BCUT2D eigenvalue weighted by Crippen LogP contribution is -2.54. The van der Waals surface area contributed by atoms with Crippen molar-refractivity contribution in [3.63, 3.8) is 0 Å². The highest BCUT2D eigenvalue weighted by Gasteiger charge is 2.69. The van der Waals surface area contributed by atoms with Gasteiger partial charge in [0.1, 0.15) is 5.78 Å². The van der Waals surface area contributed by atoms with Crippen LogP contribution in [-0.2, 0) is 24.4 Å². The normalized spacial score (nSPS) is 35.9. The van der Waals surface area contributed by atoms with Crippen molar-refractivity contribution < 1.29 is 49.2 Å². The van der Waals surface area contributed by atoms with Crippen LogP contribution >= 0.6 is 0 Å². The van der Waals surface area contributed by atoms with Crippen LogP contribution in [0.3, 0.4) is 0 Å². The maximum atomic E-state index is 13.5. The van der Waals surface area contributed by atoms with Crippen LogP contribution in [0.4, 0.5) is 22.0 Å². The van der Waals surface area contributed by atoms with Crippen LogP contribution in [0.2, 0.25) is 0 Å². The summed E-state index contributed by atoms with van der Waals surface area (Å²) < 4.78 is 99.2. The molecule has 4 aliphatic rings. The molecule has 0 aromatic carbocycles. The molecule has 0 heterocycles. The van der Waals surface area contributed by atoms with E-state index in [0.29, 0.717) is 6.42 Å². The summed E-state index contributed by atoms with van der Waals surface area (Å²) in [6.07, 6.45) is -9.89. The third-order valence-corrected chi connectivity index (χ3v) is 6.33. The van der Waals surface area contributed by atoms with Gasteiger partial charge >= 0.3 is 27.5 Å². The molecule has 0 aromatic rings. The number of halogens is 5. The number of ketones is 1. The summed E-state index contributed by atoms with van der Waals surface area (Å²) in [5, 5.41) is -5.75. The molecule has 0 spiro atoms. The molecule has 0 aromatic heterocycles. The van der Waals surface area contributed by atoms with Gasteiger partial charge in [-0.2, -0.15) is 30.4 Å². The van der Waals surface area contributed by atoms with E-state index in [4.69, 9.17) is 4.55 Å². The molecule has 0 saturated heterocycles. The minimum Gasteiger partial charge on any atom is -0.444 e. The predicted molar refractivity (Wildman–Crippen MR) is 68.8 cm³/mol. The number of hydrogen-bond donors (Lipinski definition) is 1. The highest BCUT2D eigenvalue weighted by molar-refractivity contribution is 7.86. The van der Waals surface area contributed by atoms with Gasteiger partial charge in [0.2, 0.25) is 0 Å². The van der Waals surface area contributed by atoms with Gasteiger partial charge in [-0.05, 0) is 31.6 Å². The molecule has 0 amide bonds. The van der Waals surface area contributed by atoms with Crippen molar-refractivity contribution in [2.24, 2.45) is 23.2 Å². The average molecular weight is 392 g/mol. The molecule has 6 nitrogen and oxygen atoms in total. The average Bonchev–Trinajstić information content (AvgIpc) is 2.82. The summed E-state index contributed by atoms with van der Waals surface area (Å²) in [6.45, 7) is 0. The first kappa shape index (κ1) is 18.5. The molecule has 4 rings (SSSR count). The van der Waals surface area contributed by atoms with Crippen molar-refractivity contribution >= 4 is 21.9 Å². The van der Waals surface area contributed by atoms with Crippen LogP contribution in [0.15, 0.2) is 0 Å². The molecule has 1 N–H and O–H groups in total. The number of rotatable bonds is 4. The Balaban J connectivity index is 1.87. The van der Waals surface area contributed by atoms with Crippen LogP contribution in [0.5, 0.6) is 0 Å². The van der Waals surface area contributed by atoms with E-state index in [1.807, 2.05) is 0 Å². The first-order valence-corrected chi connectivity index (χ1v) is 8.79. The smallest absolute Gasteiger partial charge is 0.432 e. The molecular weight excluding hydrogens is 379 g/mol. The summed E-state index contributed by atoms with van der Waals surface area (Å²) in [7, 11) is -6.47. The quantitative estimate of drug-likeness (QED) is 0.446. The fourth-order valence-corrected chi connectivity index (χ4v) is 4.90. The second-order valence-corrected chi connectivity index (χ2v) is 8.45. The maximum Gasteiger partial charge on any atom is 0.432 e. The van der Waals surface area contributed by atoms with Gasteiger partial charge in [-0.3, -0.25) is 14.1 Å². The lowest BCUT2D eigenvalue weighted by molar-refractivity contribution is -0.263. The zero-order valence-corrected chi connectivity index (χ0v) is 13.2. The minimum absolute atomic E-state index is 0.0424. The molecule has 4 fully saturated rings. The van der Waals surface area contributed by atoms with Gasteiger partial charge in [0.05, 0.1) is 5.41 Å². The van der Waals surface area contributed by atoms with E-state index < -0.39 is 50.9 Å². The first-order chi connectivity index (χ1) is 11.2. The van der Waals surface area contributed by atoms with Crippen molar-refractivity contribution in [3.05, 3.63) is 0 Å². The number of hydrogen-bond acceptors (Lipinski definition) is 5. The molecule has 4 bridgehead atoms. The number of carbonyl (C=O) groups excluding carboxylic acids is 2. The van der Waals surface area contributed by atoms with Crippen LogP contribution in [0.25, 0.3) is 0 Å². The van der Waals surface area contributed by atoms with Crippen molar-refractivity contribution in [1.29, 1.82) is 0 Å². The molecule has 5 unspecified atom stereocenters. The zero-order chi connectivity index (χ0) is 19.0. The summed E-state index contributed by atoms with van der Waals surface area (Å²) in [4.78, 5) is 24.1. The van der Waals surface area contributed by atoms with Crippen LogP contribution < -0.4 is 0 Å². The van der Waals surface area contributed by atoms with E-state index in [-0.39, 0.29) is 31.0 Å². The molecule has 5 atom stereocenters. The summed E-state index contributed by atoms with van der Waals surface area (Å²) in [5.74, 6) is -2.91. The summed E-state index contributed by atoms with van der Waals surface area (Å²) in [6, 6.07) is 0. The SMILES string of the molecule is O=C1C2CC3CC(C(=O)OC(C(F)(F)F)C(F)(F)S(=O)(=O)O)(C2)CC13. The lowest BCUT2D eigenvalue weighted by atomic mass is 9.69. The number of ether oxygens (including phenoxy) is 1. The zero-order valence-electron chi connectivity index (χ0n) is 12.4. The van der Waals surface area contributed by atoms with Crippen LogP contribution in [0.1, 0.15) is 25.7 Å². The molecule has 142 valence electrons. The Hall–Kier alpha value is -1.30. The Bertz CT molecular complexity index is 728. The van der Waals surface area contributed by atoms with Crippen LogP contribution in [-0.4, -0.2) is 42.3 Å². The summed E-state index contributed by atoms with van der Waals surface area (Å²) in [5.41, 5.74) is -1.50. The second kappa shape index (κ2) is 5.12. The first-order valence-electron chi connectivity index (χ1n) is 7.35. The fourth-order valence-electron chi connectivity index (χ4n) is 4.45. The Labute approximate surface area is 138 Å². The van der Waals surface area contributed by atoms with Gasteiger partial charge in [-0.25, -0.2) is 0 Å². The van der Waals surface area contributed by atoms with Gasteiger partial charge in [-0.1, -0.05) is 0 Å². The van der Waals surface area contributed by atoms with Gasteiger partial charge in [0.25, 0.3) is 6.10 Å². The number of esters is 1. The highest BCUT2D eigenvalue weighted by atomic mass is 32.2. The van der Waals surface area contributed by atoms with Crippen molar-refractivity contribution in [1.82, 2.24) is 0 Å². The number of Topliss-reactive ketones (excluding diaryl/α,β-unsaturated/α-hetero) is 1. The molecule has 25 heavy (non-hydrogen) atoms. The lowest BCUT2D eigenvalue weighted by Gasteiger charge is -2.37. The van der Waals surface area contributed by atoms with E-state index in [1.54, 1.807) is 0 Å². The van der Waals surface area contributed by atoms with Gasteiger partial charge in [0, 0.05) is 11.8 Å². The minimum atomic E-state index is -6.47. The van der Waals surface area contributed by atoms with Crippen molar-refractivity contribution in [3.8, 4) is 0 Å². The molecular formula is C13H13F5O6S. The number of carbonyl (C=O) groups is 2. The fraction of sp³-hybridized carbons (Fsp3) is 0.846. The maximum absolute atomic E-state index is 13.5. The highest BCUT2D eigenvalue weighted by Crippen LogP contribution is 2.63. The third-order valence-electron chi connectivity index (χ3n) is 5.43. The molecule has 4 aliphatic carbocycles. The predicted octanol–water partition coefficient (Wildman–Crippen LogP) is 1.95. The van der Waals surface area contributed by atoms with E-state index >= 15 is 0 Å². The molecule has 0 aliphatic heterocycles. The van der Waals surface area contributed by atoms with Gasteiger partial charge in [-0.15, -0.1) is 0 Å². The third kappa shape index (κ3) is 2.64. The van der Waals surface area contributed by atoms with E-state index in [0.717, 1.165) is 0 Å². The van der Waals surface area contributed by atoms with E-state index in [9.17, 15) is 40.0 Å². The monoisotopic (exact) mass is 392 g/mol. The van der Waals surface area contributed by atoms with Gasteiger partial charge < -0.3 is 4.74 Å². The van der Waals surface area contributed by atoms with Gasteiger partial charge in [0.15, 0.2) is 0 Å². The molecule has 4 saturated carbocycles. The standard InChI is InChI=1S/C13H13F5O6S/c14-12(15,16)9(13(17,18)25(21,22)23)24-10(20)11-2-5-1-6(3-11)8(19)7(5)4-11/h5-7,9H,1-4H2,(H,21,22,23). The van der Waals surface area contributed by atoms with Crippen LogP contribution in [0, 0.1) is 23.2 Å². The number of alkyl halides is 5.